The fraction of sp³-hybridized carbons (Fsp3) is 0.833. The van der Waals surface area contributed by atoms with Crippen molar-refractivity contribution in [2.75, 3.05) is 39.4 Å². The van der Waals surface area contributed by atoms with E-state index in [2.05, 4.69) is 20.6 Å². The summed E-state index contributed by atoms with van der Waals surface area (Å²) in [6, 6.07) is 1.43. The number of aliphatic imine (C=N–C) groups is 2. The van der Waals surface area contributed by atoms with Gasteiger partial charge in [0.25, 0.3) is 12.0 Å². The first-order valence-electron chi connectivity index (χ1n) is 6.77. The molecule has 2 N–H and O–H groups in total. The predicted molar refractivity (Wildman–Crippen MR) is 71.0 cm³/mol. The second kappa shape index (κ2) is 7.79. The van der Waals surface area contributed by atoms with Crippen molar-refractivity contribution in [3.05, 3.63) is 0 Å². The molecule has 0 unspecified atom stereocenters. The molecule has 0 aromatic carbocycles. The highest BCUT2D eigenvalue weighted by atomic mass is 16.5. The Morgan fingerprint density at radius 2 is 1.28 bits per heavy atom. The molecule has 0 fully saturated rings. The highest BCUT2D eigenvalue weighted by Crippen LogP contribution is 1.99. The minimum absolute atomic E-state index is 0.716. The van der Waals surface area contributed by atoms with Crippen molar-refractivity contribution < 1.29 is 9.47 Å². The average molecular weight is 254 g/mol. The quantitative estimate of drug-likeness (QED) is 0.649. The van der Waals surface area contributed by atoms with E-state index in [-0.39, 0.29) is 0 Å². The monoisotopic (exact) mass is 254 g/mol. The number of nitrogens with one attached hydrogen (secondary N) is 2. The van der Waals surface area contributed by atoms with E-state index in [1.54, 1.807) is 0 Å². The van der Waals surface area contributed by atoms with Crippen LogP contribution in [0.25, 0.3) is 0 Å². The number of amidine groups is 2. The summed E-state index contributed by atoms with van der Waals surface area (Å²) in [5, 5.41) is 6.38. The molecule has 0 saturated heterocycles. The number of ether oxygens (including phenoxy) is 2. The predicted octanol–water partition coefficient (Wildman–Crippen LogP) is 0.498. The lowest BCUT2D eigenvalue weighted by atomic mass is 10.2. The summed E-state index contributed by atoms with van der Waals surface area (Å²) in [6.07, 6.45) is 4.74. The molecule has 0 spiro atoms. The van der Waals surface area contributed by atoms with E-state index in [1.165, 1.54) is 12.8 Å². The molecule has 6 nitrogen and oxygen atoms in total. The van der Waals surface area contributed by atoms with Crippen molar-refractivity contribution in [2.45, 2.75) is 25.7 Å². The second-order valence-corrected chi connectivity index (χ2v) is 4.34. The lowest BCUT2D eigenvalue weighted by Gasteiger charge is -2.06. The lowest BCUT2D eigenvalue weighted by Crippen LogP contribution is -2.25. The number of unbranched alkanes of at least 4 members (excludes halogenated alkanes) is 3. The van der Waals surface area contributed by atoms with Gasteiger partial charge in [-0.05, 0) is 12.8 Å². The Hall–Kier alpha value is -1.46. The lowest BCUT2D eigenvalue weighted by molar-refractivity contribution is 0.330. The number of hydrogen-bond acceptors (Lipinski definition) is 6. The number of hydrogen-bond donors (Lipinski definition) is 2. The van der Waals surface area contributed by atoms with Gasteiger partial charge in [-0.25, -0.2) is 9.98 Å². The van der Waals surface area contributed by atoms with Gasteiger partial charge in [-0.2, -0.15) is 0 Å². The van der Waals surface area contributed by atoms with Gasteiger partial charge in [-0.1, -0.05) is 12.8 Å². The topological polar surface area (TPSA) is 67.2 Å². The zero-order valence-corrected chi connectivity index (χ0v) is 10.8. The third-order valence-corrected chi connectivity index (χ3v) is 2.83. The second-order valence-electron chi connectivity index (χ2n) is 4.34. The van der Waals surface area contributed by atoms with Gasteiger partial charge in [0.1, 0.15) is 13.2 Å². The molecule has 2 aliphatic heterocycles. The van der Waals surface area contributed by atoms with Gasteiger partial charge < -0.3 is 20.1 Å². The maximum atomic E-state index is 5.26. The van der Waals surface area contributed by atoms with Gasteiger partial charge in [-0.3, -0.25) is 0 Å². The smallest absolute Gasteiger partial charge is 0.284 e. The Balaban J connectivity index is 1.35. The minimum Gasteiger partial charge on any atom is -0.463 e. The summed E-state index contributed by atoms with van der Waals surface area (Å²) < 4.78 is 10.5. The van der Waals surface area contributed by atoms with E-state index in [0.717, 1.165) is 52.2 Å². The largest absolute Gasteiger partial charge is 0.463 e. The van der Waals surface area contributed by atoms with Crippen LogP contribution in [0.3, 0.4) is 0 Å². The molecule has 102 valence electrons. The Kier molecular flexibility index (Phi) is 5.62. The molecule has 0 bridgehead atoms. The Bertz CT molecular complexity index is 274. The Morgan fingerprint density at radius 3 is 1.67 bits per heavy atom. The van der Waals surface area contributed by atoms with E-state index in [4.69, 9.17) is 9.47 Å². The Labute approximate surface area is 108 Å². The van der Waals surface area contributed by atoms with Crippen molar-refractivity contribution in [1.29, 1.82) is 0 Å². The van der Waals surface area contributed by atoms with Gasteiger partial charge in [0.15, 0.2) is 0 Å². The van der Waals surface area contributed by atoms with Gasteiger partial charge >= 0.3 is 0 Å². The average Bonchev–Trinajstić information content (AvgIpc) is 3.05. The molecule has 2 rings (SSSR count). The third kappa shape index (κ3) is 4.81. The van der Waals surface area contributed by atoms with Crippen molar-refractivity contribution >= 4 is 12.0 Å². The first kappa shape index (κ1) is 13.0. The van der Waals surface area contributed by atoms with E-state index in [9.17, 15) is 0 Å². The molecule has 6 heteroatoms. The van der Waals surface area contributed by atoms with Crippen molar-refractivity contribution in [3.63, 3.8) is 0 Å². The van der Waals surface area contributed by atoms with Gasteiger partial charge in [0, 0.05) is 13.1 Å². The van der Waals surface area contributed by atoms with E-state index < -0.39 is 0 Å². The zero-order valence-electron chi connectivity index (χ0n) is 10.8. The van der Waals surface area contributed by atoms with E-state index >= 15 is 0 Å². The van der Waals surface area contributed by atoms with Crippen LogP contribution in [0.5, 0.6) is 0 Å². The summed E-state index contributed by atoms with van der Waals surface area (Å²) in [7, 11) is 0. The van der Waals surface area contributed by atoms with Crippen LogP contribution in [0.4, 0.5) is 0 Å². The molecule has 0 aromatic rings. The number of nitrogens with zero attached hydrogens (tertiary/aromatic N) is 2. The highest BCUT2D eigenvalue weighted by molar-refractivity contribution is 5.75. The molecular formula is C12H22N4O2. The summed E-state index contributed by atoms with van der Waals surface area (Å²) in [5.41, 5.74) is 0. The van der Waals surface area contributed by atoms with Crippen LogP contribution in [0.2, 0.25) is 0 Å². The fourth-order valence-corrected chi connectivity index (χ4v) is 1.88. The molecule has 0 aliphatic carbocycles. The molecule has 2 heterocycles. The van der Waals surface area contributed by atoms with Crippen LogP contribution >= 0.6 is 0 Å². The first-order chi connectivity index (χ1) is 8.95. The summed E-state index contributed by atoms with van der Waals surface area (Å²) in [5.74, 6) is 0. The van der Waals surface area contributed by atoms with Gasteiger partial charge in [-0.15, -0.1) is 0 Å². The van der Waals surface area contributed by atoms with Crippen molar-refractivity contribution in [1.82, 2.24) is 10.6 Å². The summed E-state index contributed by atoms with van der Waals surface area (Å²) >= 11 is 0. The van der Waals surface area contributed by atoms with E-state index in [0.29, 0.717) is 12.0 Å². The third-order valence-electron chi connectivity index (χ3n) is 2.83. The summed E-state index contributed by atoms with van der Waals surface area (Å²) in [6.45, 7) is 4.92. The molecule has 2 aliphatic rings. The van der Waals surface area contributed by atoms with Gasteiger partial charge in [0.2, 0.25) is 0 Å². The molecular weight excluding hydrogens is 232 g/mol. The standard InChI is InChI=1S/C12H22N4O2/c1(3-5-13-11-15-7-9-17-11)2-4-6-14-12-16-8-10-18-12/h1-10H2,(H,13,15)(H,14,16). The van der Waals surface area contributed by atoms with E-state index in [1.807, 2.05) is 0 Å². The van der Waals surface area contributed by atoms with Crippen LogP contribution in [0.15, 0.2) is 9.98 Å². The SMILES string of the molecule is C(CCCNC1=NCCO1)CCNC1=NCCO1. The molecule has 0 atom stereocenters. The van der Waals surface area contributed by atoms with Crippen LogP contribution in [0.1, 0.15) is 25.7 Å². The van der Waals surface area contributed by atoms with Crippen molar-refractivity contribution in [2.24, 2.45) is 9.98 Å². The number of rotatable bonds is 7. The molecule has 0 saturated carbocycles. The first-order valence-corrected chi connectivity index (χ1v) is 6.77. The van der Waals surface area contributed by atoms with Gasteiger partial charge in [0.05, 0.1) is 13.1 Å². The summed E-state index contributed by atoms with van der Waals surface area (Å²) in [4.78, 5) is 8.35. The normalized spacial score (nSPS) is 17.8. The van der Waals surface area contributed by atoms with Crippen LogP contribution in [-0.4, -0.2) is 51.4 Å². The molecule has 18 heavy (non-hydrogen) atoms. The highest BCUT2D eigenvalue weighted by Gasteiger charge is 2.06. The van der Waals surface area contributed by atoms with Crippen LogP contribution < -0.4 is 10.6 Å². The molecule has 0 aromatic heterocycles. The van der Waals surface area contributed by atoms with Crippen LogP contribution in [0, 0.1) is 0 Å². The maximum absolute atomic E-state index is 5.26. The minimum atomic E-state index is 0.716. The van der Waals surface area contributed by atoms with Crippen molar-refractivity contribution in [3.8, 4) is 0 Å². The molecule has 0 amide bonds. The fourth-order valence-electron chi connectivity index (χ4n) is 1.88. The Morgan fingerprint density at radius 1 is 0.778 bits per heavy atom. The molecule has 0 radical (unpaired) electrons. The van der Waals surface area contributed by atoms with Crippen LogP contribution in [-0.2, 0) is 9.47 Å². The maximum Gasteiger partial charge on any atom is 0.284 e. The zero-order chi connectivity index (χ0) is 12.5.